The molecule has 4 rings (SSSR count). The fourth-order valence-corrected chi connectivity index (χ4v) is 3.83. The van der Waals surface area contributed by atoms with E-state index in [0.29, 0.717) is 0 Å². The van der Waals surface area contributed by atoms with Gasteiger partial charge in [0.05, 0.1) is 5.75 Å². The van der Waals surface area contributed by atoms with Crippen LogP contribution < -0.4 is 17.0 Å². The van der Waals surface area contributed by atoms with Crippen molar-refractivity contribution in [2.75, 3.05) is 11.5 Å². The van der Waals surface area contributed by atoms with Gasteiger partial charge in [-0.3, -0.25) is 19.1 Å². The number of nitrogens with zero attached hydrogens (tertiary/aromatic N) is 1. The topological polar surface area (TPSA) is 98.0 Å². The molecule has 1 fully saturated rings. The Labute approximate surface area is 153 Å². The molecule has 3 aromatic rings. The number of H-pyrrole nitrogens is 1. The highest BCUT2D eigenvalue weighted by molar-refractivity contribution is 8.00. The number of Topliss-reactive ketones (excluding diaryl/α,β-unsaturated/α-hetero) is 1. The molecule has 0 spiro atoms. The molecule has 0 unspecified atom stereocenters. The molecule has 0 aliphatic heterocycles. The van der Waals surface area contributed by atoms with Crippen molar-refractivity contribution in [3.05, 3.63) is 68.9 Å². The van der Waals surface area contributed by atoms with Crippen molar-refractivity contribution < 1.29 is 4.79 Å². The summed E-state index contributed by atoms with van der Waals surface area (Å²) in [6.07, 6.45) is 1.66. The highest BCUT2D eigenvalue weighted by Gasteiger charge is 2.29. The number of carbonyl (C=O) groups is 1. The third-order valence-corrected chi connectivity index (χ3v) is 5.46. The van der Waals surface area contributed by atoms with Crippen LogP contribution in [0.15, 0.2) is 56.9 Å². The van der Waals surface area contributed by atoms with E-state index in [1.807, 2.05) is 42.5 Å². The lowest BCUT2D eigenvalue weighted by molar-refractivity contribution is 0.102. The average molecular weight is 367 g/mol. The number of thioether (sulfide) groups is 1. The SMILES string of the molecule is Nc1c(C(=O)CSc2ccc3ccccc3c2)c(=O)[nH]c(=O)n1C1CC1. The third-order valence-electron chi connectivity index (χ3n) is 4.46. The number of fused-ring (bicyclic) bond motifs is 1. The number of nitrogen functional groups attached to an aromatic ring is 1. The van der Waals surface area contributed by atoms with Crippen molar-refractivity contribution in [1.82, 2.24) is 9.55 Å². The summed E-state index contributed by atoms with van der Waals surface area (Å²) in [5, 5.41) is 2.21. The predicted octanol–water partition coefficient (Wildman–Crippen LogP) is 2.58. The maximum Gasteiger partial charge on any atom is 0.330 e. The summed E-state index contributed by atoms with van der Waals surface area (Å²) in [6, 6.07) is 13.9. The number of ketones is 1. The second-order valence-electron chi connectivity index (χ2n) is 6.34. The van der Waals surface area contributed by atoms with Crippen LogP contribution in [0.25, 0.3) is 10.8 Å². The molecule has 0 radical (unpaired) electrons. The normalized spacial score (nSPS) is 13.8. The summed E-state index contributed by atoms with van der Waals surface area (Å²) in [4.78, 5) is 39.8. The van der Waals surface area contributed by atoms with Gasteiger partial charge >= 0.3 is 5.69 Å². The monoisotopic (exact) mass is 367 g/mol. The number of hydrogen-bond donors (Lipinski definition) is 2. The first-order valence-corrected chi connectivity index (χ1v) is 9.32. The molecule has 26 heavy (non-hydrogen) atoms. The number of rotatable bonds is 5. The molecule has 1 aliphatic carbocycles. The van der Waals surface area contributed by atoms with Crippen molar-refractivity contribution >= 4 is 34.1 Å². The van der Waals surface area contributed by atoms with E-state index in [1.54, 1.807) is 0 Å². The summed E-state index contributed by atoms with van der Waals surface area (Å²) >= 11 is 1.34. The number of nitrogens with one attached hydrogen (secondary N) is 1. The molecule has 1 saturated carbocycles. The zero-order valence-corrected chi connectivity index (χ0v) is 14.7. The van der Waals surface area contributed by atoms with E-state index in [-0.39, 0.29) is 29.0 Å². The van der Waals surface area contributed by atoms with Crippen LogP contribution in [0.5, 0.6) is 0 Å². The molecule has 0 bridgehead atoms. The molecule has 1 aliphatic rings. The molecule has 0 amide bonds. The van der Waals surface area contributed by atoms with Crippen LogP contribution in [0, 0.1) is 0 Å². The molecule has 1 aromatic heterocycles. The lowest BCUT2D eigenvalue weighted by Crippen LogP contribution is -2.36. The summed E-state index contributed by atoms with van der Waals surface area (Å²) in [5.74, 6) is -0.323. The largest absolute Gasteiger partial charge is 0.384 e. The molecular formula is C19H17N3O3S. The Morgan fingerprint density at radius 1 is 1.15 bits per heavy atom. The second kappa shape index (κ2) is 6.49. The molecule has 2 aromatic carbocycles. The predicted molar refractivity (Wildman–Crippen MR) is 103 cm³/mol. The fraction of sp³-hybridized carbons (Fsp3) is 0.211. The number of hydrogen-bond acceptors (Lipinski definition) is 5. The van der Waals surface area contributed by atoms with Crippen LogP contribution in [0.2, 0.25) is 0 Å². The van der Waals surface area contributed by atoms with Gasteiger partial charge in [0.2, 0.25) is 0 Å². The van der Waals surface area contributed by atoms with E-state index < -0.39 is 11.2 Å². The van der Waals surface area contributed by atoms with Crippen molar-refractivity contribution in [3.63, 3.8) is 0 Å². The molecule has 6 nitrogen and oxygen atoms in total. The summed E-state index contributed by atoms with van der Waals surface area (Å²) in [5.41, 5.74) is 4.60. The van der Waals surface area contributed by atoms with Crippen LogP contribution in [0.1, 0.15) is 29.2 Å². The van der Waals surface area contributed by atoms with E-state index in [0.717, 1.165) is 28.5 Å². The van der Waals surface area contributed by atoms with E-state index in [1.165, 1.54) is 16.3 Å². The van der Waals surface area contributed by atoms with Gasteiger partial charge in [-0.2, -0.15) is 0 Å². The molecule has 0 saturated heterocycles. The molecule has 1 heterocycles. The fourth-order valence-electron chi connectivity index (χ4n) is 3.01. The van der Waals surface area contributed by atoms with Gasteiger partial charge in [0, 0.05) is 10.9 Å². The number of aromatic amines is 1. The zero-order valence-electron chi connectivity index (χ0n) is 13.9. The van der Waals surface area contributed by atoms with Gasteiger partial charge in [0.25, 0.3) is 5.56 Å². The minimum Gasteiger partial charge on any atom is -0.384 e. The van der Waals surface area contributed by atoms with Gasteiger partial charge in [0.15, 0.2) is 5.78 Å². The van der Waals surface area contributed by atoms with E-state index in [9.17, 15) is 14.4 Å². The van der Waals surface area contributed by atoms with Gasteiger partial charge in [-0.05, 0) is 35.7 Å². The number of benzene rings is 2. The lowest BCUT2D eigenvalue weighted by Gasteiger charge is -2.11. The standard InChI is InChI=1S/C19H17N3O3S/c20-17-16(18(24)21-19(25)22(17)13-6-7-13)15(23)10-26-14-8-5-11-3-1-2-4-12(11)9-14/h1-5,8-9,13H,6-7,10,20H2,(H,21,24,25). The molecule has 132 valence electrons. The van der Waals surface area contributed by atoms with E-state index in [2.05, 4.69) is 4.98 Å². The van der Waals surface area contributed by atoms with Gasteiger partial charge in [-0.1, -0.05) is 30.3 Å². The summed E-state index contributed by atoms with van der Waals surface area (Å²) in [7, 11) is 0. The van der Waals surface area contributed by atoms with Crippen molar-refractivity contribution in [3.8, 4) is 0 Å². The lowest BCUT2D eigenvalue weighted by atomic mass is 10.1. The number of anilines is 1. The summed E-state index contributed by atoms with van der Waals surface area (Å²) in [6.45, 7) is 0. The quantitative estimate of drug-likeness (QED) is 0.533. The van der Waals surface area contributed by atoms with Crippen molar-refractivity contribution in [1.29, 1.82) is 0 Å². The maximum atomic E-state index is 12.6. The van der Waals surface area contributed by atoms with Crippen LogP contribution in [0.4, 0.5) is 5.82 Å². The minimum absolute atomic E-state index is 0.0148. The number of carbonyl (C=O) groups excluding carboxylic acids is 1. The number of nitrogens with two attached hydrogens (primary N) is 1. The molecule has 0 atom stereocenters. The van der Waals surface area contributed by atoms with Crippen LogP contribution in [0.3, 0.4) is 0 Å². The molecule has 7 heteroatoms. The Morgan fingerprint density at radius 2 is 1.88 bits per heavy atom. The second-order valence-corrected chi connectivity index (χ2v) is 7.39. The first-order valence-electron chi connectivity index (χ1n) is 8.33. The van der Waals surface area contributed by atoms with Gasteiger partial charge in [-0.25, -0.2) is 4.79 Å². The number of aromatic nitrogens is 2. The molecule has 3 N–H and O–H groups in total. The Kier molecular flexibility index (Phi) is 4.16. The maximum absolute atomic E-state index is 12.6. The van der Waals surface area contributed by atoms with Crippen LogP contribution >= 0.6 is 11.8 Å². The zero-order chi connectivity index (χ0) is 18.3. The van der Waals surface area contributed by atoms with Crippen molar-refractivity contribution in [2.24, 2.45) is 0 Å². The smallest absolute Gasteiger partial charge is 0.330 e. The first kappa shape index (κ1) is 16.7. The Morgan fingerprint density at radius 3 is 2.62 bits per heavy atom. The molecular weight excluding hydrogens is 350 g/mol. The minimum atomic E-state index is -0.714. The highest BCUT2D eigenvalue weighted by atomic mass is 32.2. The van der Waals surface area contributed by atoms with Crippen molar-refractivity contribution in [2.45, 2.75) is 23.8 Å². The average Bonchev–Trinajstić information content (AvgIpc) is 3.44. The van der Waals surface area contributed by atoms with Gasteiger partial charge in [-0.15, -0.1) is 11.8 Å². The van der Waals surface area contributed by atoms with Gasteiger partial charge in [0.1, 0.15) is 11.4 Å². The van der Waals surface area contributed by atoms with Gasteiger partial charge < -0.3 is 5.73 Å². The third kappa shape index (κ3) is 3.06. The van der Waals surface area contributed by atoms with E-state index in [4.69, 9.17) is 5.73 Å². The highest BCUT2D eigenvalue weighted by Crippen LogP contribution is 2.35. The Hall–Kier alpha value is -2.80. The summed E-state index contributed by atoms with van der Waals surface area (Å²) < 4.78 is 1.33. The van der Waals surface area contributed by atoms with Crippen LogP contribution in [-0.4, -0.2) is 21.1 Å². The van der Waals surface area contributed by atoms with E-state index >= 15 is 0 Å². The van der Waals surface area contributed by atoms with Crippen LogP contribution in [-0.2, 0) is 0 Å². The first-order chi connectivity index (χ1) is 12.5. The Balaban J connectivity index is 1.59. The Bertz CT molecular complexity index is 1130.